The largest absolute Gasteiger partial charge is 0.497 e. The summed E-state index contributed by atoms with van der Waals surface area (Å²) in [6.07, 6.45) is 2.67. The fourth-order valence-electron chi connectivity index (χ4n) is 2.03. The Labute approximate surface area is 140 Å². The van der Waals surface area contributed by atoms with Gasteiger partial charge in [-0.2, -0.15) is 5.10 Å². The van der Waals surface area contributed by atoms with Gasteiger partial charge in [-0.3, -0.25) is 4.79 Å². The SMILES string of the molecule is CCC(Oc1ccc(OC)cc1C)C(=O)NN=c1ccn(O)cc1. The lowest BCUT2D eigenvalue weighted by Crippen LogP contribution is -2.36. The number of benzene rings is 1. The molecule has 2 aromatic rings. The summed E-state index contributed by atoms with van der Waals surface area (Å²) in [4.78, 5) is 12.2. The topological polar surface area (TPSA) is 85.1 Å². The number of methoxy groups -OCH3 is 1. The predicted octanol–water partition coefficient (Wildman–Crippen LogP) is 1.83. The Bertz CT molecular complexity index is 750. The van der Waals surface area contributed by atoms with Crippen LogP contribution in [-0.4, -0.2) is 29.1 Å². The second-order valence-corrected chi connectivity index (χ2v) is 5.17. The fourth-order valence-corrected chi connectivity index (χ4v) is 2.03. The highest BCUT2D eigenvalue weighted by Crippen LogP contribution is 2.24. The number of pyridine rings is 1. The number of ether oxygens (including phenoxy) is 2. The van der Waals surface area contributed by atoms with E-state index in [0.717, 1.165) is 16.0 Å². The monoisotopic (exact) mass is 331 g/mol. The van der Waals surface area contributed by atoms with E-state index in [4.69, 9.17) is 14.7 Å². The normalized spacial score (nSPS) is 11.5. The van der Waals surface area contributed by atoms with Crippen molar-refractivity contribution in [2.24, 2.45) is 5.10 Å². The van der Waals surface area contributed by atoms with Crippen molar-refractivity contribution < 1.29 is 19.5 Å². The molecule has 1 aromatic heterocycles. The molecule has 0 bridgehead atoms. The van der Waals surface area contributed by atoms with Gasteiger partial charge in [-0.25, -0.2) is 10.2 Å². The molecule has 0 fully saturated rings. The van der Waals surface area contributed by atoms with Crippen LogP contribution in [0.5, 0.6) is 11.5 Å². The summed E-state index contributed by atoms with van der Waals surface area (Å²) in [5.41, 5.74) is 3.36. The van der Waals surface area contributed by atoms with Gasteiger partial charge in [0.15, 0.2) is 6.10 Å². The second kappa shape index (κ2) is 8.05. The first-order chi connectivity index (χ1) is 11.5. The number of rotatable bonds is 6. The van der Waals surface area contributed by atoms with Crippen molar-refractivity contribution in [2.75, 3.05) is 7.11 Å². The molecular weight excluding hydrogens is 310 g/mol. The Kier molecular flexibility index (Phi) is 5.83. The van der Waals surface area contributed by atoms with E-state index in [1.165, 1.54) is 12.4 Å². The predicted molar refractivity (Wildman–Crippen MR) is 87.8 cm³/mol. The van der Waals surface area contributed by atoms with E-state index in [1.807, 2.05) is 19.9 Å². The number of hydrogen-bond donors (Lipinski definition) is 2. The first-order valence-corrected chi connectivity index (χ1v) is 7.56. The van der Waals surface area contributed by atoms with E-state index in [-0.39, 0.29) is 5.91 Å². The van der Waals surface area contributed by atoms with Crippen LogP contribution in [-0.2, 0) is 4.79 Å². The molecule has 0 saturated heterocycles. The number of aryl methyl sites for hydroxylation is 1. The number of carbonyl (C=O) groups is 1. The maximum absolute atomic E-state index is 12.2. The number of carbonyl (C=O) groups excluding carboxylic acids is 1. The highest BCUT2D eigenvalue weighted by atomic mass is 16.5. The van der Waals surface area contributed by atoms with Crippen molar-refractivity contribution in [3.8, 4) is 11.5 Å². The van der Waals surface area contributed by atoms with E-state index >= 15 is 0 Å². The molecule has 0 spiro atoms. The molecule has 0 aliphatic heterocycles. The molecule has 128 valence electrons. The minimum absolute atomic E-state index is 0.339. The van der Waals surface area contributed by atoms with Crippen LogP contribution in [0.4, 0.5) is 0 Å². The van der Waals surface area contributed by atoms with Gasteiger partial charge < -0.3 is 14.7 Å². The van der Waals surface area contributed by atoms with Crippen LogP contribution >= 0.6 is 0 Å². The maximum atomic E-state index is 12.2. The number of nitrogens with zero attached hydrogens (tertiary/aromatic N) is 2. The molecule has 1 atom stereocenters. The van der Waals surface area contributed by atoms with Crippen molar-refractivity contribution in [3.05, 3.63) is 53.6 Å². The van der Waals surface area contributed by atoms with Gasteiger partial charge in [-0.15, -0.1) is 0 Å². The molecule has 7 heteroatoms. The lowest BCUT2D eigenvalue weighted by molar-refractivity contribution is -0.128. The highest BCUT2D eigenvalue weighted by molar-refractivity contribution is 5.80. The standard InChI is InChI=1S/C17H21N3O4/c1-4-15(24-16-6-5-14(23-3)11-12(16)2)17(21)19-18-13-7-9-20(22)10-8-13/h5-11,15,22H,4H2,1-3H3,(H,19,21). The number of nitrogens with one attached hydrogen (secondary N) is 1. The lowest BCUT2D eigenvalue weighted by Gasteiger charge is -2.17. The van der Waals surface area contributed by atoms with Crippen LogP contribution in [0.1, 0.15) is 18.9 Å². The maximum Gasteiger partial charge on any atom is 0.281 e. The molecule has 2 rings (SSSR count). The molecule has 1 unspecified atom stereocenters. The van der Waals surface area contributed by atoms with Crippen LogP contribution in [0.15, 0.2) is 47.8 Å². The molecule has 1 heterocycles. The molecule has 0 aliphatic rings. The van der Waals surface area contributed by atoms with Gasteiger partial charge in [0.05, 0.1) is 12.5 Å². The van der Waals surface area contributed by atoms with Gasteiger partial charge in [-0.1, -0.05) is 6.92 Å². The Balaban J connectivity index is 2.06. The Morgan fingerprint density at radius 3 is 2.62 bits per heavy atom. The average Bonchev–Trinajstić information content (AvgIpc) is 2.59. The molecule has 2 N–H and O–H groups in total. The van der Waals surface area contributed by atoms with Crippen molar-refractivity contribution in [1.29, 1.82) is 0 Å². The summed E-state index contributed by atoms with van der Waals surface area (Å²) >= 11 is 0. The molecule has 7 nitrogen and oxygen atoms in total. The molecule has 1 aromatic carbocycles. The minimum atomic E-state index is -0.660. The third-order valence-electron chi connectivity index (χ3n) is 3.41. The molecule has 1 amide bonds. The summed E-state index contributed by atoms with van der Waals surface area (Å²) in [5, 5.41) is 13.6. The van der Waals surface area contributed by atoms with Gasteiger partial charge in [0.2, 0.25) is 0 Å². The van der Waals surface area contributed by atoms with E-state index < -0.39 is 6.10 Å². The molecule has 0 radical (unpaired) electrons. The van der Waals surface area contributed by atoms with Crippen LogP contribution in [0.2, 0.25) is 0 Å². The van der Waals surface area contributed by atoms with Gasteiger partial charge in [0.1, 0.15) is 11.5 Å². The average molecular weight is 331 g/mol. The zero-order valence-corrected chi connectivity index (χ0v) is 13.9. The van der Waals surface area contributed by atoms with E-state index in [1.54, 1.807) is 31.4 Å². The zero-order chi connectivity index (χ0) is 17.5. The first kappa shape index (κ1) is 17.4. The Hall–Kier alpha value is -2.96. The lowest BCUT2D eigenvalue weighted by atomic mass is 10.2. The summed E-state index contributed by atoms with van der Waals surface area (Å²) in [6, 6.07) is 8.54. The molecule has 0 aliphatic carbocycles. The van der Waals surface area contributed by atoms with Crippen LogP contribution in [0, 0.1) is 6.92 Å². The van der Waals surface area contributed by atoms with Gasteiger partial charge in [-0.05, 0) is 49.2 Å². The van der Waals surface area contributed by atoms with Gasteiger partial charge in [0, 0.05) is 12.4 Å². The van der Waals surface area contributed by atoms with Crippen LogP contribution < -0.4 is 20.3 Å². The van der Waals surface area contributed by atoms with Gasteiger partial charge >= 0.3 is 0 Å². The van der Waals surface area contributed by atoms with E-state index in [2.05, 4.69) is 10.5 Å². The summed E-state index contributed by atoms with van der Waals surface area (Å²) < 4.78 is 11.8. The summed E-state index contributed by atoms with van der Waals surface area (Å²) in [7, 11) is 1.60. The molecule has 0 saturated carbocycles. The van der Waals surface area contributed by atoms with E-state index in [9.17, 15) is 4.79 Å². The van der Waals surface area contributed by atoms with Crippen molar-refractivity contribution in [3.63, 3.8) is 0 Å². The Morgan fingerprint density at radius 1 is 1.33 bits per heavy atom. The van der Waals surface area contributed by atoms with E-state index in [0.29, 0.717) is 17.5 Å². The number of aromatic nitrogens is 1. The quantitative estimate of drug-likeness (QED) is 0.625. The van der Waals surface area contributed by atoms with Crippen LogP contribution in [0.25, 0.3) is 0 Å². The van der Waals surface area contributed by atoms with Crippen LogP contribution in [0.3, 0.4) is 0 Å². The van der Waals surface area contributed by atoms with Gasteiger partial charge in [0.25, 0.3) is 5.91 Å². The zero-order valence-electron chi connectivity index (χ0n) is 13.9. The second-order valence-electron chi connectivity index (χ2n) is 5.17. The first-order valence-electron chi connectivity index (χ1n) is 7.56. The smallest absolute Gasteiger partial charge is 0.281 e. The Morgan fingerprint density at radius 2 is 2.04 bits per heavy atom. The minimum Gasteiger partial charge on any atom is -0.497 e. The fraction of sp³-hybridized carbons (Fsp3) is 0.294. The van der Waals surface area contributed by atoms with Crippen molar-refractivity contribution in [2.45, 2.75) is 26.4 Å². The third kappa shape index (κ3) is 4.52. The highest BCUT2D eigenvalue weighted by Gasteiger charge is 2.19. The molecule has 24 heavy (non-hydrogen) atoms. The summed E-state index contributed by atoms with van der Waals surface area (Å²) in [6.45, 7) is 3.75. The van der Waals surface area contributed by atoms with Crippen molar-refractivity contribution in [1.82, 2.24) is 10.2 Å². The number of hydrogen-bond acceptors (Lipinski definition) is 5. The van der Waals surface area contributed by atoms with Crippen molar-refractivity contribution >= 4 is 5.91 Å². The molecular formula is C17H21N3O4. The summed E-state index contributed by atoms with van der Waals surface area (Å²) in [5.74, 6) is 1.02. The number of amides is 1. The third-order valence-corrected chi connectivity index (χ3v) is 3.41.